The molecule has 0 fully saturated rings. The lowest BCUT2D eigenvalue weighted by Crippen LogP contribution is -2.52. The Morgan fingerprint density at radius 2 is 0.742 bits per heavy atom. The molecule has 2 aromatic heterocycles. The van der Waals surface area contributed by atoms with Gasteiger partial charge in [-0.25, -0.2) is 26.0 Å². The molecule has 28 nitrogen and oxygen atoms in total. The van der Waals surface area contributed by atoms with Crippen LogP contribution in [0.4, 0.5) is 26.3 Å². The molecule has 0 saturated heterocycles. The molecule has 12 N–H and O–H groups in total. The normalized spacial score (nSPS) is 12.5. The summed E-state index contributed by atoms with van der Waals surface area (Å²) >= 11 is 1.61. The van der Waals surface area contributed by atoms with Crippen molar-refractivity contribution in [1.82, 2.24) is 20.1 Å². The Morgan fingerprint density at radius 3 is 1.07 bits per heavy atom. The Bertz CT molecular complexity index is 5810. The predicted octanol–water partition coefficient (Wildman–Crippen LogP) is 13.8. The average Bonchev–Trinajstić information content (AvgIpc) is 1.62. The number of hydrogen-bond donors (Lipinski definition) is 8. The van der Waals surface area contributed by atoms with Crippen molar-refractivity contribution in [2.24, 2.45) is 0 Å². The van der Waals surface area contributed by atoms with Crippen molar-refractivity contribution in [3.05, 3.63) is 286 Å². The minimum atomic E-state index is -4.96. The largest absolute Gasteiger partial charge is 0.488 e. The highest BCUT2D eigenvalue weighted by Gasteiger charge is 2.38. The Balaban J connectivity index is 0.000000241. The van der Waals surface area contributed by atoms with Crippen LogP contribution in [0.1, 0.15) is 65.2 Å². The number of carbonyl (C=O) groups excluding carboxylic acids is 2. The molecule has 124 heavy (non-hydrogen) atoms. The molecule has 10 aromatic carbocycles. The molecule has 0 bridgehead atoms. The van der Waals surface area contributed by atoms with Crippen molar-refractivity contribution in [3.63, 3.8) is 0 Å². The molecule has 0 spiro atoms. The number of thiophene rings is 2. The number of quaternary nitrogens is 2. The molecule has 0 aliphatic carbocycles. The number of alkyl halides is 6. The summed E-state index contributed by atoms with van der Waals surface area (Å²) in [7, 11) is -18.7. The number of halogens is 6. The average molecular weight is 1820 g/mol. The molecule has 2 unspecified atom stereocenters. The monoisotopic (exact) mass is 1820 g/mol. The molecule has 0 aliphatic heterocycles. The van der Waals surface area contributed by atoms with Crippen molar-refractivity contribution >= 4 is 89.9 Å². The first-order valence-corrected chi connectivity index (χ1v) is 45.4. The lowest BCUT2D eigenvalue weighted by molar-refractivity contribution is -0.371. The van der Waals surface area contributed by atoms with E-state index in [9.17, 15) is 71.7 Å². The first-order chi connectivity index (χ1) is 59.3. The maximum absolute atomic E-state index is 13.6. The number of para-hydroxylation sites is 2. The molecule has 40 heteroatoms. The Hall–Kier alpha value is -12.3. The standard InChI is InChI=1S/2C42H38F3N4O10PS2/c43-42(44,45)34-22-32(15-14-30(34)24-47)59-60(51,52)27-49-62(53,54)39-21-31-20-36(37(55-18-16-46)23-38(31)61-39)56-19-17-48-41(50)33-12-7-13-35(57-25-28-8-3-1-4-9-28)40(33)58-26-29-10-5-2-6-11-29;43-42(44,45)34-22-32(15-14-30(34)24-47)59-60(51,52)27-49-62(53,54)39-21-31-20-36(55-18-16-46)37(23-38(31)61-39)56-19-17-48-41(50)33-12-7-13-35(57-25-28-8-3-1-4-9-28)40(33)58-26-29-10-5-2-6-11-29/h2*1-15,20-23,49H,16-19,25-27,46H2,(H,48,50)(H,51,52)/p+2. The number of nitriles is 2. The van der Waals surface area contributed by atoms with Gasteiger partial charge in [-0.2, -0.15) is 46.3 Å². The van der Waals surface area contributed by atoms with Crippen molar-refractivity contribution in [3.8, 4) is 69.6 Å². The summed E-state index contributed by atoms with van der Waals surface area (Å²) in [6.07, 6.45) is -12.3. The summed E-state index contributed by atoms with van der Waals surface area (Å²) in [6, 6.07) is 63.7. The van der Waals surface area contributed by atoms with Gasteiger partial charge in [0.25, 0.3) is 31.9 Å². The quantitative estimate of drug-likeness (QED) is 0.0100. The summed E-state index contributed by atoms with van der Waals surface area (Å²) in [5.41, 5.74) is 7.43. The van der Waals surface area contributed by atoms with E-state index in [-0.39, 0.29) is 120 Å². The molecule has 12 rings (SSSR count). The summed E-state index contributed by atoms with van der Waals surface area (Å²) < 4.78 is 221. The van der Waals surface area contributed by atoms with Crippen LogP contribution in [0.15, 0.2) is 239 Å². The van der Waals surface area contributed by atoms with Crippen LogP contribution in [0.3, 0.4) is 0 Å². The molecule has 2 amide bonds. The van der Waals surface area contributed by atoms with Crippen LogP contribution in [0.5, 0.6) is 57.5 Å². The number of fused-ring (bicyclic) bond motifs is 2. The second kappa shape index (κ2) is 42.2. The minimum absolute atomic E-state index is 0.0318. The first kappa shape index (κ1) is 92.5. The van der Waals surface area contributed by atoms with E-state index in [1.165, 1.54) is 30.3 Å². The molecular weight excluding hydrogens is 1750 g/mol. The summed E-state index contributed by atoms with van der Waals surface area (Å²) in [4.78, 5) is 47.8. The van der Waals surface area contributed by atoms with E-state index < -0.39 is 106 Å². The highest BCUT2D eigenvalue weighted by atomic mass is 32.3. The molecule has 0 aliphatic rings. The van der Waals surface area contributed by atoms with Crippen molar-refractivity contribution in [1.29, 1.82) is 10.5 Å². The van der Waals surface area contributed by atoms with E-state index in [1.54, 1.807) is 54.6 Å². The van der Waals surface area contributed by atoms with E-state index in [1.807, 2.05) is 131 Å². The van der Waals surface area contributed by atoms with Crippen molar-refractivity contribution in [2.45, 2.75) is 47.2 Å². The van der Waals surface area contributed by atoms with Gasteiger partial charge in [0.1, 0.15) is 98.4 Å². The van der Waals surface area contributed by atoms with Crippen LogP contribution >= 0.6 is 37.9 Å². The number of nitrogens with one attached hydrogen (secondary N) is 4. The minimum Gasteiger partial charge on any atom is -0.488 e. The number of benzene rings is 10. The number of nitrogens with zero attached hydrogens (tertiary/aromatic N) is 2. The predicted molar refractivity (Wildman–Crippen MR) is 445 cm³/mol. The van der Waals surface area contributed by atoms with Gasteiger partial charge in [0.15, 0.2) is 46.0 Å². The second-order valence-electron chi connectivity index (χ2n) is 26.5. The maximum atomic E-state index is 13.6. The van der Waals surface area contributed by atoms with Crippen LogP contribution in [0, 0.1) is 22.7 Å². The first-order valence-electron chi connectivity index (χ1n) is 37.3. The van der Waals surface area contributed by atoms with E-state index in [4.69, 9.17) is 57.5 Å². The van der Waals surface area contributed by atoms with Crippen molar-refractivity contribution < 1.29 is 130 Å². The fourth-order valence-electron chi connectivity index (χ4n) is 11.5. The lowest BCUT2D eigenvalue weighted by atomic mass is 10.1. The number of carbonyl (C=O) groups is 2. The zero-order valence-corrected chi connectivity index (χ0v) is 70.2. The Labute approximate surface area is 714 Å². The summed E-state index contributed by atoms with van der Waals surface area (Å²) in [6.45, 7) is 2.05. The highest BCUT2D eigenvalue weighted by Crippen LogP contribution is 2.48. The van der Waals surface area contributed by atoms with Crippen molar-refractivity contribution in [2.75, 3.05) is 65.2 Å². The molecule has 0 saturated carbocycles. The number of hydrogen-bond acceptors (Lipinski definition) is 22. The van der Waals surface area contributed by atoms with Crippen LogP contribution < -0.4 is 78.5 Å². The molecule has 2 heterocycles. The number of sulfonamides is 2. The molecule has 12 aromatic rings. The number of rotatable bonds is 40. The van der Waals surface area contributed by atoms with Gasteiger partial charge in [0.05, 0.1) is 58.6 Å². The van der Waals surface area contributed by atoms with E-state index in [2.05, 4.69) is 22.1 Å². The molecule has 0 radical (unpaired) electrons. The molecule has 2 atom stereocenters. The van der Waals surface area contributed by atoms with Gasteiger partial charge < -0.3 is 78.8 Å². The van der Waals surface area contributed by atoms with Crippen LogP contribution in [-0.2, 0) is 68.0 Å². The zero-order valence-electron chi connectivity index (χ0n) is 65.2. The lowest BCUT2D eigenvalue weighted by Gasteiger charge is -2.17. The summed E-state index contributed by atoms with van der Waals surface area (Å²) in [5.74, 6) is -0.0196. The fourth-order valence-corrected chi connectivity index (χ4v) is 19.4. The van der Waals surface area contributed by atoms with Crippen LogP contribution in [0.2, 0.25) is 0 Å². The van der Waals surface area contributed by atoms with E-state index >= 15 is 0 Å². The SMILES string of the molecule is N#Cc1ccc(OP(=O)(O)CNS(=O)(=O)c2cc3cc(OCCNC(=O)c4cccc(OCc5ccccc5)c4OCc4ccccc4)c(OCC[NH3+])cc3s2)cc1C(F)(F)F.N#Cc1ccc(OP(=O)(O)CNS(=O)(=O)c2cc3cc(OCC[NH3+])c(OCCNC(=O)c4cccc(OCc5ccccc5)c4OCc4ccccc4)cc3s2)cc1C(F)(F)F. The van der Waals surface area contributed by atoms with E-state index in [0.29, 0.717) is 56.9 Å². The Kier molecular flexibility index (Phi) is 31.5. The third kappa shape index (κ3) is 25.9. The molecule has 648 valence electrons. The van der Waals surface area contributed by atoms with Gasteiger partial charge >= 0.3 is 27.5 Å². The number of ether oxygens (including phenoxy) is 8. The van der Waals surface area contributed by atoms with Gasteiger partial charge in [0, 0.05) is 21.5 Å². The van der Waals surface area contributed by atoms with E-state index in [0.717, 1.165) is 69.2 Å². The third-order valence-electron chi connectivity index (χ3n) is 17.4. The Morgan fingerprint density at radius 1 is 0.411 bits per heavy atom. The van der Waals surface area contributed by atoms with Gasteiger partial charge in [-0.1, -0.05) is 133 Å². The van der Waals surface area contributed by atoms with Gasteiger partial charge in [-0.3, -0.25) is 9.59 Å². The van der Waals surface area contributed by atoms with Crippen LogP contribution in [0.25, 0.3) is 20.2 Å². The van der Waals surface area contributed by atoms with Gasteiger partial charge in [0.2, 0.25) is 0 Å². The highest BCUT2D eigenvalue weighted by molar-refractivity contribution is 7.92. The zero-order chi connectivity index (χ0) is 88.7. The van der Waals surface area contributed by atoms with Crippen LogP contribution in [-0.4, -0.2) is 104 Å². The second-order valence-corrected chi connectivity index (χ2v) is 36.2. The maximum Gasteiger partial charge on any atom is 0.417 e. The number of amides is 2. The molecular formula is C84H78F6N8O20P2S4+2. The van der Waals surface area contributed by atoms with Gasteiger partial charge in [-0.15, -0.1) is 22.7 Å². The third-order valence-corrected chi connectivity index (χ3v) is 25.8. The smallest absolute Gasteiger partial charge is 0.417 e. The fraction of sp³-hybridized carbons (Fsp3) is 0.190. The summed E-state index contributed by atoms with van der Waals surface area (Å²) in [5, 5.41) is 24.5. The topological polar surface area (TPSA) is 420 Å². The van der Waals surface area contributed by atoms with Gasteiger partial charge in [-0.05, 0) is 118 Å².